The number of hydrogen-bond acceptors (Lipinski definition) is 3. The Bertz CT molecular complexity index is 399. The van der Waals surface area contributed by atoms with E-state index in [1.54, 1.807) is 0 Å². The highest BCUT2D eigenvalue weighted by Crippen LogP contribution is 2.24. The molecule has 0 radical (unpaired) electrons. The number of nitrogens with zero attached hydrogens (tertiary/aromatic N) is 2. The van der Waals surface area contributed by atoms with Gasteiger partial charge in [-0.05, 0) is 50.9 Å². The van der Waals surface area contributed by atoms with E-state index in [1.807, 2.05) is 0 Å². The summed E-state index contributed by atoms with van der Waals surface area (Å²) in [5.41, 5.74) is 2.63. The molecule has 3 heteroatoms. The molecule has 0 unspecified atom stereocenters. The first-order valence-corrected chi connectivity index (χ1v) is 7.39. The Morgan fingerprint density at radius 2 is 1.89 bits per heavy atom. The van der Waals surface area contributed by atoms with Gasteiger partial charge in [-0.25, -0.2) is 4.98 Å². The van der Waals surface area contributed by atoms with Gasteiger partial charge in [0.15, 0.2) is 0 Å². The topological polar surface area (TPSA) is 28.2 Å². The average molecular weight is 263 g/mol. The number of anilines is 1. The standard InChI is InChI=1S/C16H29N3/c1-7-14-10-13(12-17-9-3)11-15(18-14)19(6)16(4,5)8-2/h10-11,17H,7-9,12H2,1-6H3. The zero-order valence-corrected chi connectivity index (χ0v) is 13.4. The van der Waals surface area contributed by atoms with Crippen molar-refractivity contribution in [1.82, 2.24) is 10.3 Å². The third-order valence-electron chi connectivity index (χ3n) is 3.98. The summed E-state index contributed by atoms with van der Waals surface area (Å²) in [4.78, 5) is 7.07. The van der Waals surface area contributed by atoms with Gasteiger partial charge in [0.25, 0.3) is 0 Å². The Balaban J connectivity index is 3.05. The van der Waals surface area contributed by atoms with Crippen molar-refractivity contribution < 1.29 is 0 Å². The molecule has 0 saturated carbocycles. The highest BCUT2D eigenvalue weighted by atomic mass is 15.2. The van der Waals surface area contributed by atoms with Crippen molar-refractivity contribution in [2.75, 3.05) is 18.5 Å². The highest BCUT2D eigenvalue weighted by Gasteiger charge is 2.22. The molecule has 0 fully saturated rings. The number of aromatic nitrogens is 1. The van der Waals surface area contributed by atoms with Gasteiger partial charge in [0.2, 0.25) is 0 Å². The Morgan fingerprint density at radius 3 is 2.42 bits per heavy atom. The van der Waals surface area contributed by atoms with Crippen molar-refractivity contribution in [1.29, 1.82) is 0 Å². The summed E-state index contributed by atoms with van der Waals surface area (Å²) >= 11 is 0. The van der Waals surface area contributed by atoms with E-state index in [9.17, 15) is 0 Å². The van der Waals surface area contributed by atoms with Gasteiger partial charge >= 0.3 is 0 Å². The van der Waals surface area contributed by atoms with Crippen LogP contribution in [0.25, 0.3) is 0 Å². The third kappa shape index (κ3) is 4.20. The van der Waals surface area contributed by atoms with Crippen molar-refractivity contribution in [2.24, 2.45) is 0 Å². The molecule has 108 valence electrons. The van der Waals surface area contributed by atoms with Gasteiger partial charge in [0, 0.05) is 24.8 Å². The summed E-state index contributed by atoms with van der Waals surface area (Å²) in [5.74, 6) is 1.08. The lowest BCUT2D eigenvalue weighted by atomic mass is 10.00. The van der Waals surface area contributed by atoms with E-state index in [1.165, 1.54) is 11.3 Å². The largest absolute Gasteiger partial charge is 0.355 e. The van der Waals surface area contributed by atoms with Gasteiger partial charge in [0.05, 0.1) is 0 Å². The first-order chi connectivity index (χ1) is 8.94. The van der Waals surface area contributed by atoms with Gasteiger partial charge in [-0.2, -0.15) is 0 Å². The Labute approximate surface area is 118 Å². The molecule has 3 nitrogen and oxygen atoms in total. The molecule has 19 heavy (non-hydrogen) atoms. The number of hydrogen-bond donors (Lipinski definition) is 1. The maximum atomic E-state index is 4.77. The number of nitrogens with one attached hydrogen (secondary N) is 1. The summed E-state index contributed by atoms with van der Waals surface area (Å²) in [7, 11) is 2.14. The normalized spacial score (nSPS) is 11.7. The van der Waals surface area contributed by atoms with E-state index in [-0.39, 0.29) is 5.54 Å². The molecule has 1 N–H and O–H groups in total. The quantitative estimate of drug-likeness (QED) is 0.817. The number of pyridine rings is 1. The number of aryl methyl sites for hydroxylation is 1. The van der Waals surface area contributed by atoms with Crippen LogP contribution in [0.5, 0.6) is 0 Å². The SMILES string of the molecule is CCNCc1cc(CC)nc(N(C)C(C)(C)CC)c1. The number of rotatable bonds is 7. The maximum Gasteiger partial charge on any atom is 0.129 e. The molecule has 0 amide bonds. The zero-order valence-electron chi connectivity index (χ0n) is 13.4. The fraction of sp³-hybridized carbons (Fsp3) is 0.688. The molecule has 0 spiro atoms. The second-order valence-electron chi connectivity index (χ2n) is 5.68. The van der Waals surface area contributed by atoms with Crippen LogP contribution in [0.15, 0.2) is 12.1 Å². The first kappa shape index (κ1) is 16.0. The minimum absolute atomic E-state index is 0.134. The lowest BCUT2D eigenvalue weighted by Crippen LogP contribution is -2.41. The molecule has 1 rings (SSSR count). The predicted molar refractivity (Wildman–Crippen MR) is 83.8 cm³/mol. The van der Waals surface area contributed by atoms with Crippen molar-refractivity contribution in [3.63, 3.8) is 0 Å². The maximum absolute atomic E-state index is 4.77. The summed E-state index contributed by atoms with van der Waals surface area (Å²) in [6, 6.07) is 4.41. The molecule has 0 atom stereocenters. The van der Waals surface area contributed by atoms with E-state index in [0.717, 1.165) is 31.7 Å². The van der Waals surface area contributed by atoms with Crippen LogP contribution < -0.4 is 10.2 Å². The van der Waals surface area contributed by atoms with Gasteiger partial charge in [-0.1, -0.05) is 20.8 Å². The second kappa shape index (κ2) is 6.90. The average Bonchev–Trinajstić information content (AvgIpc) is 2.43. The minimum Gasteiger partial charge on any atom is -0.355 e. The first-order valence-electron chi connectivity index (χ1n) is 7.39. The molecule has 0 aliphatic heterocycles. The lowest BCUT2D eigenvalue weighted by Gasteiger charge is -2.36. The minimum atomic E-state index is 0.134. The van der Waals surface area contributed by atoms with Gasteiger partial charge < -0.3 is 10.2 Å². The van der Waals surface area contributed by atoms with Crippen LogP contribution in [-0.4, -0.2) is 24.1 Å². The summed E-state index contributed by atoms with van der Waals surface area (Å²) < 4.78 is 0. The smallest absolute Gasteiger partial charge is 0.129 e. The lowest BCUT2D eigenvalue weighted by molar-refractivity contribution is 0.466. The van der Waals surface area contributed by atoms with Crippen LogP contribution in [0.2, 0.25) is 0 Å². The van der Waals surface area contributed by atoms with Crippen LogP contribution in [0.3, 0.4) is 0 Å². The molecular formula is C16H29N3. The molecule has 1 aromatic heterocycles. The monoisotopic (exact) mass is 263 g/mol. The third-order valence-corrected chi connectivity index (χ3v) is 3.98. The molecule has 0 saturated heterocycles. The Kier molecular flexibility index (Phi) is 5.80. The van der Waals surface area contributed by atoms with Crippen molar-refractivity contribution in [3.05, 3.63) is 23.4 Å². The zero-order chi connectivity index (χ0) is 14.5. The van der Waals surface area contributed by atoms with E-state index < -0.39 is 0 Å². The molecule has 0 bridgehead atoms. The van der Waals surface area contributed by atoms with Crippen LogP contribution in [0, 0.1) is 0 Å². The van der Waals surface area contributed by atoms with Crippen LogP contribution in [0.1, 0.15) is 52.3 Å². The fourth-order valence-corrected chi connectivity index (χ4v) is 1.90. The van der Waals surface area contributed by atoms with Crippen LogP contribution >= 0.6 is 0 Å². The molecule has 0 aliphatic carbocycles. The predicted octanol–water partition coefficient (Wildman–Crippen LogP) is 3.38. The van der Waals surface area contributed by atoms with Crippen molar-refractivity contribution in [2.45, 2.75) is 59.5 Å². The van der Waals surface area contributed by atoms with Gasteiger partial charge in [0.1, 0.15) is 5.82 Å². The van der Waals surface area contributed by atoms with Gasteiger partial charge in [-0.3, -0.25) is 0 Å². The van der Waals surface area contributed by atoms with Crippen molar-refractivity contribution in [3.8, 4) is 0 Å². The fourth-order valence-electron chi connectivity index (χ4n) is 1.90. The highest BCUT2D eigenvalue weighted by molar-refractivity contribution is 5.44. The Morgan fingerprint density at radius 1 is 1.21 bits per heavy atom. The molecule has 0 aromatic carbocycles. The van der Waals surface area contributed by atoms with Gasteiger partial charge in [-0.15, -0.1) is 0 Å². The summed E-state index contributed by atoms with van der Waals surface area (Å²) in [5, 5.41) is 3.39. The van der Waals surface area contributed by atoms with E-state index in [0.29, 0.717) is 0 Å². The van der Waals surface area contributed by atoms with Crippen LogP contribution in [-0.2, 0) is 13.0 Å². The summed E-state index contributed by atoms with van der Waals surface area (Å²) in [6.07, 6.45) is 2.08. The van der Waals surface area contributed by atoms with E-state index in [4.69, 9.17) is 4.98 Å². The van der Waals surface area contributed by atoms with Crippen molar-refractivity contribution >= 4 is 5.82 Å². The van der Waals surface area contributed by atoms with E-state index in [2.05, 4.69) is 64.0 Å². The second-order valence-corrected chi connectivity index (χ2v) is 5.68. The molecular weight excluding hydrogens is 234 g/mol. The van der Waals surface area contributed by atoms with Crippen LogP contribution in [0.4, 0.5) is 5.82 Å². The molecule has 1 aromatic rings. The summed E-state index contributed by atoms with van der Waals surface area (Å²) in [6.45, 7) is 13.0. The van der Waals surface area contributed by atoms with E-state index >= 15 is 0 Å². The Hall–Kier alpha value is -1.09. The molecule has 1 heterocycles. The molecule has 0 aliphatic rings.